The van der Waals surface area contributed by atoms with Crippen LogP contribution in [0.1, 0.15) is 12.5 Å². The quantitative estimate of drug-likeness (QED) is 0.716. The van der Waals surface area contributed by atoms with Crippen LogP contribution in [0.25, 0.3) is 22.1 Å². The number of ether oxygens (including phenoxy) is 1. The highest BCUT2D eigenvalue weighted by Gasteiger charge is 2.14. The average molecular weight is 254 g/mol. The number of para-hydroxylation sites is 1. The van der Waals surface area contributed by atoms with Crippen LogP contribution in [0.3, 0.4) is 0 Å². The Kier molecular flexibility index (Phi) is 2.91. The van der Waals surface area contributed by atoms with E-state index in [1.54, 1.807) is 6.20 Å². The molecule has 0 aliphatic carbocycles. The summed E-state index contributed by atoms with van der Waals surface area (Å²) in [6, 6.07) is 7.91. The van der Waals surface area contributed by atoms with Crippen LogP contribution in [0, 0.1) is 6.92 Å². The molecule has 4 nitrogen and oxygen atoms in total. The average Bonchev–Trinajstić information content (AvgIpc) is 2.83. The Bertz CT molecular complexity index is 719. The van der Waals surface area contributed by atoms with Crippen molar-refractivity contribution in [3.8, 4) is 17.0 Å². The number of rotatable bonds is 3. The number of hydrogen-bond donors (Lipinski definition) is 0. The fraction of sp³-hybridized carbons (Fsp3) is 0.200. The van der Waals surface area contributed by atoms with Gasteiger partial charge in [0.05, 0.1) is 12.0 Å². The highest BCUT2D eigenvalue weighted by molar-refractivity contribution is 5.95. The summed E-state index contributed by atoms with van der Waals surface area (Å²) in [6.45, 7) is 4.54. The first-order chi connectivity index (χ1) is 9.31. The van der Waals surface area contributed by atoms with E-state index >= 15 is 0 Å². The van der Waals surface area contributed by atoms with Gasteiger partial charge in [-0.1, -0.05) is 12.1 Å². The third kappa shape index (κ3) is 1.95. The fourth-order valence-corrected chi connectivity index (χ4v) is 2.14. The maximum Gasteiger partial charge on any atom is 0.262 e. The number of fused-ring (bicyclic) bond motifs is 1. The molecule has 0 aliphatic heterocycles. The van der Waals surface area contributed by atoms with Crippen LogP contribution in [0.15, 0.2) is 41.2 Å². The second-order valence-electron chi connectivity index (χ2n) is 4.29. The zero-order valence-electron chi connectivity index (χ0n) is 10.9. The Morgan fingerprint density at radius 2 is 2.11 bits per heavy atom. The van der Waals surface area contributed by atoms with E-state index in [1.807, 2.05) is 37.4 Å². The van der Waals surface area contributed by atoms with Gasteiger partial charge in [0.2, 0.25) is 0 Å². The number of benzene rings is 1. The zero-order chi connectivity index (χ0) is 13.2. The monoisotopic (exact) mass is 254 g/mol. The predicted molar refractivity (Wildman–Crippen MR) is 73.1 cm³/mol. The lowest BCUT2D eigenvalue weighted by atomic mass is 10.0. The molecule has 0 bridgehead atoms. The molecule has 2 heterocycles. The summed E-state index contributed by atoms with van der Waals surface area (Å²) in [6.07, 6.45) is 3.62. The Hall–Kier alpha value is -2.36. The molecule has 0 spiro atoms. The van der Waals surface area contributed by atoms with Crippen molar-refractivity contribution < 1.29 is 9.26 Å². The van der Waals surface area contributed by atoms with Gasteiger partial charge in [0.15, 0.2) is 5.58 Å². The smallest absolute Gasteiger partial charge is 0.262 e. The lowest BCUT2D eigenvalue weighted by Gasteiger charge is -2.04. The topological polar surface area (TPSA) is 48.2 Å². The van der Waals surface area contributed by atoms with Crippen molar-refractivity contribution in [1.29, 1.82) is 0 Å². The first-order valence-electron chi connectivity index (χ1n) is 6.23. The van der Waals surface area contributed by atoms with E-state index in [0.717, 1.165) is 27.7 Å². The summed E-state index contributed by atoms with van der Waals surface area (Å²) in [5.74, 6) is 0.542. The lowest BCUT2D eigenvalue weighted by Crippen LogP contribution is -1.91. The van der Waals surface area contributed by atoms with Crippen LogP contribution >= 0.6 is 0 Å². The minimum atomic E-state index is 0.542. The fourth-order valence-electron chi connectivity index (χ4n) is 2.14. The number of aryl methyl sites for hydroxylation is 1. The van der Waals surface area contributed by atoms with Crippen LogP contribution in [-0.2, 0) is 0 Å². The maximum atomic E-state index is 5.46. The standard InChI is InChI=1S/C15H14N2O2/c1-3-18-15-12-6-4-5-11(14(12)19-17-15)13-9-16-8-7-10(13)2/h4-9H,3H2,1-2H3. The lowest BCUT2D eigenvalue weighted by molar-refractivity contribution is 0.301. The van der Waals surface area contributed by atoms with Crippen LogP contribution in [-0.4, -0.2) is 16.7 Å². The van der Waals surface area contributed by atoms with Crippen LogP contribution in [0.5, 0.6) is 5.88 Å². The Balaban J connectivity index is 2.23. The second kappa shape index (κ2) is 4.72. The van der Waals surface area contributed by atoms with E-state index in [9.17, 15) is 0 Å². The number of hydrogen-bond acceptors (Lipinski definition) is 4. The van der Waals surface area contributed by atoms with Crippen LogP contribution in [0.4, 0.5) is 0 Å². The van der Waals surface area contributed by atoms with Gasteiger partial charge in [-0.3, -0.25) is 4.98 Å². The summed E-state index contributed by atoms with van der Waals surface area (Å²) in [5.41, 5.74) is 3.92. The van der Waals surface area contributed by atoms with Gasteiger partial charge in [-0.05, 0) is 36.7 Å². The molecule has 0 atom stereocenters. The molecule has 3 rings (SSSR count). The van der Waals surface area contributed by atoms with Crippen molar-refractivity contribution in [2.24, 2.45) is 0 Å². The van der Waals surface area contributed by atoms with Crippen molar-refractivity contribution in [3.05, 3.63) is 42.2 Å². The van der Waals surface area contributed by atoms with Crippen molar-refractivity contribution >= 4 is 11.0 Å². The van der Waals surface area contributed by atoms with E-state index in [2.05, 4.69) is 17.1 Å². The van der Waals surface area contributed by atoms with Crippen molar-refractivity contribution in [1.82, 2.24) is 10.1 Å². The summed E-state index contributed by atoms with van der Waals surface area (Å²) in [4.78, 5) is 4.18. The SMILES string of the molecule is CCOc1noc2c(-c3cnccc3C)cccc12. The normalized spacial score (nSPS) is 10.8. The zero-order valence-corrected chi connectivity index (χ0v) is 10.9. The Morgan fingerprint density at radius 1 is 1.21 bits per heavy atom. The number of nitrogens with zero attached hydrogens (tertiary/aromatic N) is 2. The largest absolute Gasteiger partial charge is 0.475 e. The minimum Gasteiger partial charge on any atom is -0.475 e. The molecule has 0 unspecified atom stereocenters. The van der Waals surface area contributed by atoms with Gasteiger partial charge in [0.1, 0.15) is 0 Å². The van der Waals surface area contributed by atoms with Gasteiger partial charge in [-0.25, -0.2) is 0 Å². The van der Waals surface area contributed by atoms with E-state index < -0.39 is 0 Å². The van der Waals surface area contributed by atoms with Gasteiger partial charge < -0.3 is 9.26 Å². The Labute approximate surface area is 111 Å². The molecular formula is C15H14N2O2. The third-order valence-corrected chi connectivity index (χ3v) is 3.08. The molecular weight excluding hydrogens is 240 g/mol. The van der Waals surface area contributed by atoms with E-state index in [4.69, 9.17) is 9.26 Å². The minimum absolute atomic E-state index is 0.542. The highest BCUT2D eigenvalue weighted by atomic mass is 16.5. The highest BCUT2D eigenvalue weighted by Crippen LogP contribution is 2.34. The number of aromatic nitrogens is 2. The van der Waals surface area contributed by atoms with Gasteiger partial charge in [-0.15, -0.1) is 0 Å². The van der Waals surface area contributed by atoms with Gasteiger partial charge >= 0.3 is 0 Å². The first-order valence-corrected chi connectivity index (χ1v) is 6.23. The van der Waals surface area contributed by atoms with Crippen molar-refractivity contribution in [2.75, 3.05) is 6.61 Å². The van der Waals surface area contributed by atoms with Gasteiger partial charge in [0, 0.05) is 23.5 Å². The van der Waals surface area contributed by atoms with Gasteiger partial charge in [0.25, 0.3) is 5.88 Å². The first kappa shape index (κ1) is 11.7. The molecule has 0 fully saturated rings. The maximum absolute atomic E-state index is 5.46. The molecule has 0 N–H and O–H groups in total. The Morgan fingerprint density at radius 3 is 2.89 bits per heavy atom. The molecule has 19 heavy (non-hydrogen) atoms. The summed E-state index contributed by atoms with van der Waals surface area (Å²) < 4.78 is 10.9. The van der Waals surface area contributed by atoms with Crippen LogP contribution < -0.4 is 4.74 Å². The molecule has 4 heteroatoms. The third-order valence-electron chi connectivity index (χ3n) is 3.08. The molecule has 0 radical (unpaired) electrons. The second-order valence-corrected chi connectivity index (χ2v) is 4.29. The molecule has 0 aliphatic rings. The molecule has 1 aromatic carbocycles. The summed E-state index contributed by atoms with van der Waals surface area (Å²) in [5, 5.41) is 4.87. The predicted octanol–water partition coefficient (Wildman–Crippen LogP) is 3.60. The number of pyridine rings is 1. The van der Waals surface area contributed by atoms with Crippen LogP contribution in [0.2, 0.25) is 0 Å². The van der Waals surface area contributed by atoms with Crippen molar-refractivity contribution in [3.63, 3.8) is 0 Å². The van der Waals surface area contributed by atoms with E-state index in [0.29, 0.717) is 12.5 Å². The van der Waals surface area contributed by atoms with Gasteiger partial charge in [-0.2, -0.15) is 0 Å². The molecule has 2 aromatic heterocycles. The van der Waals surface area contributed by atoms with E-state index in [-0.39, 0.29) is 0 Å². The summed E-state index contributed by atoms with van der Waals surface area (Å²) >= 11 is 0. The van der Waals surface area contributed by atoms with Crippen molar-refractivity contribution in [2.45, 2.75) is 13.8 Å². The molecule has 0 saturated heterocycles. The molecule has 0 amide bonds. The molecule has 3 aromatic rings. The molecule has 96 valence electrons. The molecule has 0 saturated carbocycles. The van der Waals surface area contributed by atoms with E-state index in [1.165, 1.54) is 0 Å². The summed E-state index contributed by atoms with van der Waals surface area (Å²) in [7, 11) is 0.